The van der Waals surface area contributed by atoms with Gasteiger partial charge < -0.3 is 13.9 Å². The summed E-state index contributed by atoms with van der Waals surface area (Å²) in [5.41, 5.74) is 1.28. The maximum absolute atomic E-state index is 6.51. The molecule has 0 spiro atoms. The van der Waals surface area contributed by atoms with Crippen LogP contribution in [0.5, 0.6) is 0 Å². The first-order valence-electron chi connectivity index (χ1n) is 7.61. The molecule has 4 nitrogen and oxygen atoms in total. The lowest BCUT2D eigenvalue weighted by atomic mass is 10.2. The predicted molar refractivity (Wildman–Crippen MR) is 88.8 cm³/mol. The standard InChI is InChI=1S/C15H20BrN2O2P/c16-14-10-19-11-15(14)20-21-17-8-4-7-13(17)9-18(21)12-5-2-1-3-6-12/h1-3,5-6,13-15H,4,7-11H2/t13-,14+,15+,21?/m0/s1. The first-order chi connectivity index (χ1) is 10.3. The molecule has 3 saturated heterocycles. The molecular weight excluding hydrogens is 351 g/mol. The van der Waals surface area contributed by atoms with Gasteiger partial charge in [0.05, 0.1) is 18.0 Å². The van der Waals surface area contributed by atoms with Crippen molar-refractivity contribution in [3.63, 3.8) is 0 Å². The number of para-hydroxylation sites is 1. The molecule has 3 aliphatic rings. The number of ether oxygens (including phenoxy) is 1. The molecule has 3 aliphatic heterocycles. The molecule has 21 heavy (non-hydrogen) atoms. The summed E-state index contributed by atoms with van der Waals surface area (Å²) < 4.78 is 17.1. The Labute approximate surface area is 135 Å². The largest absolute Gasteiger partial charge is 0.377 e. The van der Waals surface area contributed by atoms with E-state index < -0.39 is 8.45 Å². The van der Waals surface area contributed by atoms with Crippen molar-refractivity contribution < 1.29 is 9.26 Å². The first-order valence-corrected chi connectivity index (χ1v) is 9.69. The maximum Gasteiger partial charge on any atom is 0.218 e. The number of alkyl halides is 1. The second-order valence-corrected chi connectivity index (χ2v) is 8.72. The van der Waals surface area contributed by atoms with Crippen LogP contribution in [-0.2, 0) is 9.26 Å². The molecule has 1 unspecified atom stereocenters. The van der Waals surface area contributed by atoms with Crippen LogP contribution in [0.25, 0.3) is 0 Å². The number of halogens is 1. The predicted octanol–water partition coefficient (Wildman–Crippen LogP) is 3.38. The van der Waals surface area contributed by atoms with Gasteiger partial charge in [-0.2, -0.15) is 0 Å². The summed E-state index contributed by atoms with van der Waals surface area (Å²) in [7, 11) is -0.706. The Balaban J connectivity index is 1.57. The highest BCUT2D eigenvalue weighted by Crippen LogP contribution is 2.58. The fraction of sp³-hybridized carbons (Fsp3) is 0.600. The second-order valence-electron chi connectivity index (χ2n) is 5.83. The molecule has 0 aromatic heterocycles. The zero-order chi connectivity index (χ0) is 14.2. The fourth-order valence-electron chi connectivity index (χ4n) is 3.29. The molecule has 4 rings (SSSR count). The Kier molecular flexibility index (Phi) is 4.21. The molecule has 114 valence electrons. The third-order valence-corrected chi connectivity index (χ3v) is 7.49. The minimum absolute atomic E-state index is 0.168. The van der Waals surface area contributed by atoms with Gasteiger partial charge in [0, 0.05) is 24.8 Å². The van der Waals surface area contributed by atoms with Gasteiger partial charge >= 0.3 is 0 Å². The van der Waals surface area contributed by atoms with E-state index in [2.05, 4.69) is 55.6 Å². The van der Waals surface area contributed by atoms with Crippen molar-refractivity contribution >= 4 is 30.1 Å². The highest BCUT2D eigenvalue weighted by atomic mass is 79.9. The monoisotopic (exact) mass is 370 g/mol. The van der Waals surface area contributed by atoms with E-state index in [-0.39, 0.29) is 6.10 Å². The SMILES string of the molecule is Br[C@@H]1COC[C@H]1OP1N(c2ccccc2)C[C@@H]2CCCN21. The van der Waals surface area contributed by atoms with Gasteiger partial charge in [-0.05, 0) is 25.0 Å². The minimum atomic E-state index is -0.706. The molecule has 0 saturated carbocycles. The van der Waals surface area contributed by atoms with Gasteiger partial charge in [0.2, 0.25) is 8.45 Å². The van der Waals surface area contributed by atoms with Gasteiger partial charge in [-0.25, -0.2) is 4.67 Å². The Morgan fingerprint density at radius 1 is 1.24 bits per heavy atom. The molecule has 0 radical (unpaired) electrons. The highest BCUT2D eigenvalue weighted by Gasteiger charge is 2.46. The van der Waals surface area contributed by atoms with Crippen LogP contribution >= 0.6 is 24.4 Å². The van der Waals surface area contributed by atoms with Crippen LogP contribution in [0, 0.1) is 0 Å². The van der Waals surface area contributed by atoms with Gasteiger partial charge in [-0.1, -0.05) is 34.1 Å². The zero-order valence-corrected chi connectivity index (χ0v) is 14.4. The summed E-state index contributed by atoms with van der Waals surface area (Å²) in [5, 5.41) is 0. The number of hydrogen-bond donors (Lipinski definition) is 0. The number of fused-ring (bicyclic) bond motifs is 1. The third kappa shape index (κ3) is 2.75. The van der Waals surface area contributed by atoms with Crippen molar-refractivity contribution in [3.05, 3.63) is 30.3 Å². The lowest BCUT2D eigenvalue weighted by Gasteiger charge is -2.31. The zero-order valence-electron chi connectivity index (χ0n) is 11.9. The van der Waals surface area contributed by atoms with E-state index in [1.807, 2.05) is 0 Å². The van der Waals surface area contributed by atoms with Crippen LogP contribution in [0.4, 0.5) is 5.69 Å². The van der Waals surface area contributed by atoms with E-state index in [9.17, 15) is 0 Å². The summed E-state index contributed by atoms with van der Waals surface area (Å²) in [6, 6.07) is 11.3. The summed E-state index contributed by atoms with van der Waals surface area (Å²) in [6.07, 6.45) is 2.76. The van der Waals surface area contributed by atoms with Crippen molar-refractivity contribution in [1.29, 1.82) is 0 Å². The van der Waals surface area contributed by atoms with Crippen LogP contribution in [-0.4, -0.2) is 47.9 Å². The van der Waals surface area contributed by atoms with Gasteiger partial charge in [-0.3, -0.25) is 0 Å². The van der Waals surface area contributed by atoms with Crippen molar-refractivity contribution in [2.45, 2.75) is 29.8 Å². The molecule has 0 aliphatic carbocycles. The van der Waals surface area contributed by atoms with Crippen molar-refractivity contribution in [3.8, 4) is 0 Å². The number of anilines is 1. The van der Waals surface area contributed by atoms with E-state index in [0.29, 0.717) is 17.5 Å². The quantitative estimate of drug-likeness (QED) is 0.601. The molecule has 1 aromatic rings. The van der Waals surface area contributed by atoms with Crippen LogP contribution < -0.4 is 4.67 Å². The van der Waals surface area contributed by atoms with E-state index in [1.54, 1.807) is 0 Å². The number of benzene rings is 1. The van der Waals surface area contributed by atoms with Crippen molar-refractivity contribution in [2.75, 3.05) is 31.0 Å². The molecule has 3 heterocycles. The molecule has 4 atom stereocenters. The lowest BCUT2D eigenvalue weighted by molar-refractivity contribution is 0.145. The molecule has 6 heteroatoms. The molecule has 0 amide bonds. The number of hydrogen-bond acceptors (Lipinski definition) is 4. The Morgan fingerprint density at radius 3 is 2.86 bits per heavy atom. The topological polar surface area (TPSA) is 24.9 Å². The first kappa shape index (κ1) is 14.4. The van der Waals surface area contributed by atoms with Crippen LogP contribution in [0.3, 0.4) is 0 Å². The highest BCUT2D eigenvalue weighted by molar-refractivity contribution is 9.09. The van der Waals surface area contributed by atoms with Gasteiger partial charge in [0.15, 0.2) is 0 Å². The smallest absolute Gasteiger partial charge is 0.218 e. The van der Waals surface area contributed by atoms with Crippen LogP contribution in [0.1, 0.15) is 12.8 Å². The lowest BCUT2D eigenvalue weighted by Crippen LogP contribution is -2.26. The Bertz CT molecular complexity index is 492. The van der Waals surface area contributed by atoms with Crippen molar-refractivity contribution in [2.24, 2.45) is 0 Å². The average molecular weight is 371 g/mol. The molecule has 0 N–H and O–H groups in total. The van der Waals surface area contributed by atoms with E-state index in [4.69, 9.17) is 9.26 Å². The normalized spacial score (nSPS) is 36.3. The number of rotatable bonds is 3. The molecule has 1 aromatic carbocycles. The Hall–Kier alpha value is -0.190. The minimum Gasteiger partial charge on any atom is -0.377 e. The Morgan fingerprint density at radius 2 is 2.10 bits per heavy atom. The average Bonchev–Trinajstić information content (AvgIpc) is 3.19. The third-order valence-electron chi connectivity index (χ3n) is 4.40. The van der Waals surface area contributed by atoms with Crippen molar-refractivity contribution in [1.82, 2.24) is 4.67 Å². The fourth-order valence-corrected chi connectivity index (χ4v) is 6.30. The summed E-state index contributed by atoms with van der Waals surface area (Å²) in [4.78, 5) is 0.319. The molecular formula is C15H20BrN2O2P. The second kappa shape index (κ2) is 6.13. The van der Waals surface area contributed by atoms with Gasteiger partial charge in [0.25, 0.3) is 0 Å². The van der Waals surface area contributed by atoms with E-state index >= 15 is 0 Å². The summed E-state index contributed by atoms with van der Waals surface area (Å²) in [6.45, 7) is 3.72. The van der Waals surface area contributed by atoms with E-state index in [0.717, 1.165) is 13.2 Å². The van der Waals surface area contributed by atoms with Gasteiger partial charge in [-0.15, -0.1) is 0 Å². The summed E-state index contributed by atoms with van der Waals surface area (Å²) >= 11 is 3.68. The molecule has 3 fully saturated rings. The number of nitrogens with zero attached hydrogens (tertiary/aromatic N) is 2. The molecule has 0 bridgehead atoms. The van der Waals surface area contributed by atoms with Gasteiger partial charge in [0.1, 0.15) is 6.10 Å². The maximum atomic E-state index is 6.51. The van der Waals surface area contributed by atoms with Crippen LogP contribution in [0.2, 0.25) is 0 Å². The van der Waals surface area contributed by atoms with E-state index in [1.165, 1.54) is 25.1 Å². The van der Waals surface area contributed by atoms with Crippen LogP contribution in [0.15, 0.2) is 30.3 Å². The summed E-state index contributed by atoms with van der Waals surface area (Å²) in [5.74, 6) is 0.